The first-order valence-corrected chi connectivity index (χ1v) is 9.24. The number of carbonyl (C=O) groups is 1. The maximum absolute atomic E-state index is 13.5. The van der Waals surface area contributed by atoms with Crippen LogP contribution in [0, 0.1) is 17.6 Å². The minimum absolute atomic E-state index is 0.0502. The van der Waals surface area contributed by atoms with Gasteiger partial charge >= 0.3 is 6.09 Å². The zero-order valence-electron chi connectivity index (χ0n) is 13.8. The van der Waals surface area contributed by atoms with Gasteiger partial charge in [-0.3, -0.25) is 14.6 Å². The number of halogens is 2. The zero-order chi connectivity index (χ0) is 19.8. The lowest BCUT2D eigenvalue weighted by molar-refractivity contribution is 0.209. The van der Waals surface area contributed by atoms with Crippen LogP contribution in [-0.2, 0) is 16.4 Å². The van der Waals surface area contributed by atoms with Crippen LogP contribution in [0.4, 0.5) is 25.0 Å². The van der Waals surface area contributed by atoms with E-state index in [4.69, 9.17) is 5.11 Å². The summed E-state index contributed by atoms with van der Waals surface area (Å²) in [6.45, 7) is -0.428. The number of hydrogen-bond donors (Lipinski definition) is 3. The monoisotopic (exact) mass is 399 g/mol. The SMILES string of the molecule is O=C(O)Nc1cnc2c(c1)N(S(=O)(=O)c1ccc(F)c(F)c1)CC(CO)C2. The van der Waals surface area contributed by atoms with Gasteiger partial charge in [0, 0.05) is 19.1 Å². The molecule has 1 amide bonds. The van der Waals surface area contributed by atoms with E-state index in [1.807, 2.05) is 0 Å². The van der Waals surface area contributed by atoms with Crippen molar-refractivity contribution in [1.82, 2.24) is 4.98 Å². The molecule has 0 radical (unpaired) electrons. The molecule has 0 bridgehead atoms. The second kappa shape index (κ2) is 7.08. The van der Waals surface area contributed by atoms with Gasteiger partial charge in [0.1, 0.15) is 0 Å². The molecule has 1 aliphatic rings. The summed E-state index contributed by atoms with van der Waals surface area (Å²) in [5, 5.41) is 20.4. The van der Waals surface area contributed by atoms with E-state index in [0.29, 0.717) is 17.8 Å². The Hall–Kier alpha value is -2.79. The molecule has 27 heavy (non-hydrogen) atoms. The molecule has 2 aromatic rings. The van der Waals surface area contributed by atoms with E-state index >= 15 is 0 Å². The third-order valence-electron chi connectivity index (χ3n) is 4.11. The smallest absolute Gasteiger partial charge is 0.409 e. The minimum Gasteiger partial charge on any atom is -0.465 e. The standard InChI is InChI=1S/C16H15F2N3O5S/c17-12-2-1-11(5-13(12)18)27(25,26)21-7-9(8-22)3-14-15(21)4-10(6-19-14)20-16(23)24/h1-2,4-6,9,20,22H,3,7-8H2,(H,23,24). The number of amides is 1. The molecule has 0 fully saturated rings. The first-order chi connectivity index (χ1) is 12.7. The number of aromatic nitrogens is 1. The van der Waals surface area contributed by atoms with Gasteiger partial charge in [0.15, 0.2) is 11.6 Å². The second-order valence-electron chi connectivity index (χ2n) is 5.98. The van der Waals surface area contributed by atoms with Gasteiger partial charge < -0.3 is 10.2 Å². The topological polar surface area (TPSA) is 120 Å². The fraction of sp³-hybridized carbons (Fsp3) is 0.250. The Kier molecular flexibility index (Phi) is 4.98. The molecule has 0 saturated heterocycles. The quantitative estimate of drug-likeness (QED) is 0.721. The number of sulfonamides is 1. The number of nitrogens with zero attached hydrogens (tertiary/aromatic N) is 2. The third kappa shape index (κ3) is 3.69. The molecule has 1 atom stereocenters. The van der Waals surface area contributed by atoms with Gasteiger partial charge in [0.05, 0.1) is 28.2 Å². The van der Waals surface area contributed by atoms with E-state index in [9.17, 15) is 27.1 Å². The average molecular weight is 399 g/mol. The highest BCUT2D eigenvalue weighted by Gasteiger charge is 2.34. The van der Waals surface area contributed by atoms with Crippen molar-refractivity contribution < 1.29 is 32.2 Å². The largest absolute Gasteiger partial charge is 0.465 e. The molecule has 0 aliphatic carbocycles. The van der Waals surface area contributed by atoms with Crippen LogP contribution >= 0.6 is 0 Å². The van der Waals surface area contributed by atoms with Gasteiger partial charge in [-0.05, 0) is 30.7 Å². The Labute approximate surface area is 153 Å². The van der Waals surface area contributed by atoms with Crippen molar-refractivity contribution in [2.45, 2.75) is 11.3 Å². The number of aliphatic hydroxyl groups excluding tert-OH is 1. The molecular weight excluding hydrogens is 384 g/mol. The van der Waals surface area contributed by atoms with E-state index in [1.165, 1.54) is 12.3 Å². The van der Waals surface area contributed by atoms with Crippen LogP contribution in [0.1, 0.15) is 5.69 Å². The van der Waals surface area contributed by atoms with Gasteiger partial charge in [-0.15, -0.1) is 0 Å². The molecule has 1 aromatic heterocycles. The third-order valence-corrected chi connectivity index (χ3v) is 5.89. The van der Waals surface area contributed by atoms with Crippen LogP contribution in [0.25, 0.3) is 0 Å². The van der Waals surface area contributed by atoms with Gasteiger partial charge in [0.25, 0.3) is 10.0 Å². The summed E-state index contributed by atoms with van der Waals surface area (Å²) < 4.78 is 53.6. The van der Waals surface area contributed by atoms with Gasteiger partial charge in [-0.1, -0.05) is 0 Å². The highest BCUT2D eigenvalue weighted by molar-refractivity contribution is 7.92. The van der Waals surface area contributed by atoms with Crippen molar-refractivity contribution in [3.8, 4) is 0 Å². The summed E-state index contributed by atoms with van der Waals surface area (Å²) in [5.41, 5.74) is 0.493. The number of hydrogen-bond acceptors (Lipinski definition) is 5. The average Bonchev–Trinajstić information content (AvgIpc) is 2.62. The van der Waals surface area contributed by atoms with Gasteiger partial charge in [0.2, 0.25) is 0 Å². The van der Waals surface area contributed by atoms with Crippen LogP contribution in [0.3, 0.4) is 0 Å². The predicted molar refractivity (Wildman–Crippen MR) is 91.1 cm³/mol. The number of anilines is 2. The Morgan fingerprint density at radius 3 is 2.67 bits per heavy atom. The fourth-order valence-electron chi connectivity index (χ4n) is 2.83. The first-order valence-electron chi connectivity index (χ1n) is 7.80. The van der Waals surface area contributed by atoms with Crippen molar-refractivity contribution in [2.75, 3.05) is 22.8 Å². The number of pyridine rings is 1. The zero-order valence-corrected chi connectivity index (χ0v) is 14.6. The van der Waals surface area contributed by atoms with Crippen molar-refractivity contribution in [3.63, 3.8) is 0 Å². The van der Waals surface area contributed by atoms with Crippen molar-refractivity contribution in [3.05, 3.63) is 47.8 Å². The predicted octanol–water partition coefficient (Wildman–Crippen LogP) is 1.81. The molecule has 144 valence electrons. The molecule has 1 aliphatic heterocycles. The number of carboxylic acid groups (broad SMARTS) is 1. The molecule has 3 N–H and O–H groups in total. The van der Waals surface area contributed by atoms with Gasteiger partial charge in [-0.25, -0.2) is 22.0 Å². The van der Waals surface area contributed by atoms with Crippen LogP contribution < -0.4 is 9.62 Å². The molecule has 8 nitrogen and oxygen atoms in total. The lowest BCUT2D eigenvalue weighted by Gasteiger charge is -2.34. The summed E-state index contributed by atoms with van der Waals surface area (Å²) in [4.78, 5) is 14.4. The summed E-state index contributed by atoms with van der Waals surface area (Å²) in [5.74, 6) is -2.95. The van der Waals surface area contributed by atoms with Crippen LogP contribution in [0.15, 0.2) is 35.4 Å². The van der Waals surface area contributed by atoms with E-state index < -0.39 is 38.6 Å². The molecule has 3 rings (SSSR count). The number of benzene rings is 1. The van der Waals surface area contributed by atoms with E-state index in [-0.39, 0.29) is 30.9 Å². The Morgan fingerprint density at radius 1 is 1.30 bits per heavy atom. The van der Waals surface area contributed by atoms with Crippen molar-refractivity contribution >= 4 is 27.5 Å². The highest BCUT2D eigenvalue weighted by Crippen LogP contribution is 2.34. The molecule has 1 unspecified atom stereocenters. The van der Waals surface area contributed by atoms with Crippen molar-refractivity contribution in [2.24, 2.45) is 5.92 Å². The lowest BCUT2D eigenvalue weighted by atomic mass is 9.98. The molecule has 11 heteroatoms. The molecule has 1 aromatic carbocycles. The number of aliphatic hydroxyl groups is 1. The maximum Gasteiger partial charge on any atom is 0.409 e. The van der Waals surface area contributed by atoms with E-state index in [2.05, 4.69) is 10.3 Å². The van der Waals surface area contributed by atoms with E-state index in [0.717, 1.165) is 10.4 Å². The van der Waals surface area contributed by atoms with Crippen molar-refractivity contribution in [1.29, 1.82) is 0 Å². The summed E-state index contributed by atoms with van der Waals surface area (Å²) >= 11 is 0. The Balaban J connectivity index is 2.10. The molecule has 2 heterocycles. The highest BCUT2D eigenvalue weighted by atomic mass is 32.2. The summed E-state index contributed by atoms with van der Waals surface area (Å²) in [6, 6.07) is 3.50. The number of nitrogens with one attached hydrogen (secondary N) is 1. The number of rotatable bonds is 4. The van der Waals surface area contributed by atoms with Gasteiger partial charge in [-0.2, -0.15) is 0 Å². The van der Waals surface area contributed by atoms with Crippen LogP contribution in [0.5, 0.6) is 0 Å². The Bertz CT molecular complexity index is 1000. The van der Waals surface area contributed by atoms with E-state index in [1.54, 1.807) is 0 Å². The van der Waals surface area contributed by atoms with Crippen LogP contribution in [-0.4, -0.2) is 42.9 Å². The Morgan fingerprint density at radius 2 is 2.04 bits per heavy atom. The number of fused-ring (bicyclic) bond motifs is 1. The molecular formula is C16H15F2N3O5S. The molecule has 0 saturated carbocycles. The van der Waals surface area contributed by atoms with Crippen LogP contribution in [0.2, 0.25) is 0 Å². The second-order valence-corrected chi connectivity index (χ2v) is 7.85. The molecule has 0 spiro atoms. The maximum atomic E-state index is 13.5. The lowest BCUT2D eigenvalue weighted by Crippen LogP contribution is -2.41. The summed E-state index contributed by atoms with van der Waals surface area (Å²) in [7, 11) is -4.30. The minimum atomic E-state index is -4.30. The summed E-state index contributed by atoms with van der Waals surface area (Å²) in [6.07, 6.45) is 0.161. The first kappa shape index (κ1) is 19.0. The normalized spacial score (nSPS) is 16.7. The fourth-order valence-corrected chi connectivity index (χ4v) is 4.40.